The normalized spacial score (nSPS) is 12.4. The standard InChI is InChI=1S/C17H13BrF3NO3/c1-10(25-16(24)11-5-4-6-12(18)9-11)15(23)22-14-8-3-2-7-13(14)17(19,20)21/h2-10H,1H3,(H,22,23). The van der Waals surface area contributed by atoms with Crippen LogP contribution in [0, 0.1) is 0 Å². The monoisotopic (exact) mass is 415 g/mol. The molecule has 2 aromatic rings. The summed E-state index contributed by atoms with van der Waals surface area (Å²) in [5, 5.41) is 2.14. The van der Waals surface area contributed by atoms with E-state index in [1.807, 2.05) is 0 Å². The zero-order chi connectivity index (χ0) is 18.6. The van der Waals surface area contributed by atoms with E-state index in [-0.39, 0.29) is 5.56 Å². The molecule has 0 saturated carbocycles. The Labute approximate surface area is 150 Å². The molecule has 1 N–H and O–H groups in total. The molecule has 1 atom stereocenters. The number of para-hydroxylation sites is 1. The Balaban J connectivity index is 2.08. The van der Waals surface area contributed by atoms with Crippen LogP contribution in [0.4, 0.5) is 18.9 Å². The highest BCUT2D eigenvalue weighted by Crippen LogP contribution is 2.34. The lowest BCUT2D eigenvalue weighted by Crippen LogP contribution is -2.30. The Morgan fingerprint density at radius 3 is 2.44 bits per heavy atom. The van der Waals surface area contributed by atoms with Crippen molar-refractivity contribution in [2.24, 2.45) is 0 Å². The number of alkyl halides is 3. The van der Waals surface area contributed by atoms with E-state index in [9.17, 15) is 22.8 Å². The average Bonchev–Trinajstić information content (AvgIpc) is 2.54. The van der Waals surface area contributed by atoms with Crippen LogP contribution in [-0.4, -0.2) is 18.0 Å². The summed E-state index contributed by atoms with van der Waals surface area (Å²) in [7, 11) is 0. The van der Waals surface area contributed by atoms with Crippen molar-refractivity contribution in [1.29, 1.82) is 0 Å². The molecular weight excluding hydrogens is 403 g/mol. The second-order valence-corrected chi connectivity index (χ2v) is 6.01. The van der Waals surface area contributed by atoms with Crippen molar-refractivity contribution in [3.05, 3.63) is 64.1 Å². The van der Waals surface area contributed by atoms with E-state index < -0.39 is 35.4 Å². The fourth-order valence-corrected chi connectivity index (χ4v) is 2.37. The fourth-order valence-electron chi connectivity index (χ4n) is 1.97. The molecule has 0 aliphatic carbocycles. The van der Waals surface area contributed by atoms with Gasteiger partial charge in [-0.3, -0.25) is 4.79 Å². The van der Waals surface area contributed by atoms with E-state index in [1.165, 1.54) is 31.2 Å². The molecule has 0 aliphatic heterocycles. The van der Waals surface area contributed by atoms with Crippen LogP contribution >= 0.6 is 15.9 Å². The maximum Gasteiger partial charge on any atom is 0.418 e. The van der Waals surface area contributed by atoms with Gasteiger partial charge in [-0.25, -0.2) is 4.79 Å². The summed E-state index contributed by atoms with van der Waals surface area (Å²) < 4.78 is 44.4. The van der Waals surface area contributed by atoms with Gasteiger partial charge in [-0.15, -0.1) is 0 Å². The minimum Gasteiger partial charge on any atom is -0.449 e. The number of anilines is 1. The third-order valence-corrected chi connectivity index (χ3v) is 3.70. The van der Waals surface area contributed by atoms with Crippen LogP contribution in [-0.2, 0) is 15.7 Å². The highest BCUT2D eigenvalue weighted by molar-refractivity contribution is 9.10. The molecule has 0 heterocycles. The Morgan fingerprint density at radius 2 is 1.80 bits per heavy atom. The number of carbonyl (C=O) groups excluding carboxylic acids is 2. The number of rotatable bonds is 4. The van der Waals surface area contributed by atoms with Crippen molar-refractivity contribution in [3.63, 3.8) is 0 Å². The Hall–Kier alpha value is -2.35. The first-order chi connectivity index (χ1) is 11.7. The van der Waals surface area contributed by atoms with Crippen LogP contribution in [0.25, 0.3) is 0 Å². The molecule has 0 aliphatic rings. The van der Waals surface area contributed by atoms with Crippen LogP contribution in [0.15, 0.2) is 53.0 Å². The lowest BCUT2D eigenvalue weighted by molar-refractivity contribution is -0.137. The molecular formula is C17H13BrF3NO3. The maximum atomic E-state index is 12.9. The predicted octanol–water partition coefficient (Wildman–Crippen LogP) is 4.65. The lowest BCUT2D eigenvalue weighted by Gasteiger charge is -2.16. The van der Waals surface area contributed by atoms with Crippen LogP contribution in [0.1, 0.15) is 22.8 Å². The molecule has 0 radical (unpaired) electrons. The summed E-state index contributed by atoms with van der Waals surface area (Å²) in [6.07, 6.45) is -5.88. The average molecular weight is 416 g/mol. The highest BCUT2D eigenvalue weighted by atomic mass is 79.9. The molecule has 2 aromatic carbocycles. The smallest absolute Gasteiger partial charge is 0.418 e. The second kappa shape index (κ2) is 7.69. The summed E-state index contributed by atoms with van der Waals surface area (Å²) in [5.74, 6) is -1.62. The summed E-state index contributed by atoms with van der Waals surface area (Å²) in [6.45, 7) is 1.28. The first-order valence-corrected chi connectivity index (χ1v) is 7.91. The van der Waals surface area contributed by atoms with Gasteiger partial charge in [-0.1, -0.05) is 34.1 Å². The van der Waals surface area contributed by atoms with Gasteiger partial charge >= 0.3 is 12.1 Å². The van der Waals surface area contributed by atoms with Crippen LogP contribution < -0.4 is 5.32 Å². The van der Waals surface area contributed by atoms with Gasteiger partial charge < -0.3 is 10.1 Å². The number of ether oxygens (including phenoxy) is 1. The molecule has 0 aromatic heterocycles. The molecule has 0 fully saturated rings. The van der Waals surface area contributed by atoms with Crippen molar-refractivity contribution < 1.29 is 27.5 Å². The van der Waals surface area contributed by atoms with E-state index in [0.29, 0.717) is 4.47 Å². The molecule has 1 amide bonds. The van der Waals surface area contributed by atoms with Gasteiger partial charge in [0.05, 0.1) is 16.8 Å². The third-order valence-electron chi connectivity index (χ3n) is 3.20. The molecule has 132 valence electrons. The summed E-state index contributed by atoms with van der Waals surface area (Å²) in [4.78, 5) is 24.0. The SMILES string of the molecule is CC(OC(=O)c1cccc(Br)c1)C(=O)Nc1ccccc1C(F)(F)F. The molecule has 1 unspecified atom stereocenters. The van der Waals surface area contributed by atoms with E-state index in [2.05, 4.69) is 21.2 Å². The Bertz CT molecular complexity index is 793. The Morgan fingerprint density at radius 1 is 1.12 bits per heavy atom. The molecule has 4 nitrogen and oxygen atoms in total. The van der Waals surface area contributed by atoms with Gasteiger partial charge in [0.1, 0.15) is 0 Å². The van der Waals surface area contributed by atoms with Crippen molar-refractivity contribution in [2.75, 3.05) is 5.32 Å². The molecule has 2 rings (SSSR count). The zero-order valence-corrected chi connectivity index (χ0v) is 14.5. The van der Waals surface area contributed by atoms with E-state index in [0.717, 1.165) is 12.1 Å². The second-order valence-electron chi connectivity index (χ2n) is 5.09. The third kappa shape index (κ3) is 5.06. The minimum absolute atomic E-state index is 0.213. The highest BCUT2D eigenvalue weighted by Gasteiger charge is 2.34. The fraction of sp³-hybridized carbons (Fsp3) is 0.176. The van der Waals surface area contributed by atoms with Crippen molar-refractivity contribution >= 4 is 33.5 Å². The number of esters is 1. The summed E-state index contributed by atoms with van der Waals surface area (Å²) >= 11 is 3.20. The summed E-state index contributed by atoms with van der Waals surface area (Å²) in [5.41, 5.74) is -1.16. The molecule has 8 heteroatoms. The van der Waals surface area contributed by atoms with Crippen LogP contribution in [0.2, 0.25) is 0 Å². The zero-order valence-electron chi connectivity index (χ0n) is 12.9. The van der Waals surface area contributed by atoms with Gasteiger partial charge in [0.25, 0.3) is 5.91 Å². The topological polar surface area (TPSA) is 55.4 Å². The lowest BCUT2D eigenvalue weighted by atomic mass is 10.1. The van der Waals surface area contributed by atoms with Crippen LogP contribution in [0.5, 0.6) is 0 Å². The van der Waals surface area contributed by atoms with Gasteiger partial charge in [-0.05, 0) is 37.3 Å². The number of carbonyl (C=O) groups is 2. The summed E-state index contributed by atoms with van der Waals surface area (Å²) in [6, 6.07) is 10.9. The van der Waals surface area contributed by atoms with Crippen LogP contribution in [0.3, 0.4) is 0 Å². The molecule has 0 spiro atoms. The number of benzene rings is 2. The van der Waals surface area contributed by atoms with E-state index in [4.69, 9.17) is 4.74 Å². The molecule has 0 saturated heterocycles. The predicted molar refractivity (Wildman–Crippen MR) is 89.1 cm³/mol. The van der Waals surface area contributed by atoms with E-state index >= 15 is 0 Å². The number of hydrogen-bond donors (Lipinski definition) is 1. The van der Waals surface area contributed by atoms with Crippen molar-refractivity contribution in [3.8, 4) is 0 Å². The van der Waals surface area contributed by atoms with Crippen molar-refractivity contribution in [1.82, 2.24) is 0 Å². The van der Waals surface area contributed by atoms with Gasteiger partial charge in [0.2, 0.25) is 0 Å². The van der Waals surface area contributed by atoms with Gasteiger partial charge in [-0.2, -0.15) is 13.2 Å². The number of halogens is 4. The van der Waals surface area contributed by atoms with E-state index in [1.54, 1.807) is 12.1 Å². The first-order valence-electron chi connectivity index (χ1n) is 7.12. The maximum absolute atomic E-state index is 12.9. The number of hydrogen-bond acceptors (Lipinski definition) is 3. The molecule has 0 bridgehead atoms. The minimum atomic E-state index is -4.61. The van der Waals surface area contributed by atoms with Gasteiger partial charge in [0, 0.05) is 4.47 Å². The first kappa shape index (κ1) is 19.0. The Kier molecular flexibility index (Phi) is 5.84. The van der Waals surface area contributed by atoms with Crippen molar-refractivity contribution in [2.45, 2.75) is 19.2 Å². The quantitative estimate of drug-likeness (QED) is 0.739. The largest absolute Gasteiger partial charge is 0.449 e. The van der Waals surface area contributed by atoms with Gasteiger partial charge in [0.15, 0.2) is 6.10 Å². The number of amides is 1. The number of nitrogens with one attached hydrogen (secondary N) is 1. The molecule has 25 heavy (non-hydrogen) atoms.